The topological polar surface area (TPSA) is 92.0 Å². The maximum atomic E-state index is 12.4. The van der Waals surface area contributed by atoms with Crippen molar-refractivity contribution in [2.24, 2.45) is 0 Å². The molecule has 126 valence electrons. The molecule has 1 aliphatic rings. The molecule has 0 spiro atoms. The molecule has 1 saturated heterocycles. The summed E-state index contributed by atoms with van der Waals surface area (Å²) < 4.78 is 39.1. The van der Waals surface area contributed by atoms with Gasteiger partial charge in [-0.15, -0.1) is 0 Å². The fourth-order valence-electron chi connectivity index (χ4n) is 2.56. The molecule has 0 unspecified atom stereocenters. The van der Waals surface area contributed by atoms with E-state index in [1.807, 2.05) is 0 Å². The highest BCUT2D eigenvalue weighted by Crippen LogP contribution is 2.20. The molecule has 2 atom stereocenters. The Labute approximate surface area is 131 Å². The molecule has 0 aliphatic carbocycles. The molecule has 22 heavy (non-hydrogen) atoms. The van der Waals surface area contributed by atoms with Crippen molar-refractivity contribution in [3.8, 4) is 0 Å². The number of aliphatic hydroxyl groups excluding tert-OH is 1. The molecule has 0 aromatic carbocycles. The van der Waals surface area contributed by atoms with Gasteiger partial charge in [0, 0.05) is 32.3 Å². The van der Waals surface area contributed by atoms with Gasteiger partial charge in [-0.05, 0) is 38.3 Å². The number of aliphatic hydroxyl groups is 1. The van der Waals surface area contributed by atoms with E-state index in [0.29, 0.717) is 31.8 Å². The minimum atomic E-state index is -3.59. The second kappa shape index (κ2) is 7.56. The summed E-state index contributed by atoms with van der Waals surface area (Å²) >= 11 is 0. The monoisotopic (exact) mass is 332 g/mol. The largest absolute Gasteiger partial charge is 0.467 e. The molecule has 1 aliphatic heterocycles. The molecule has 1 aromatic heterocycles. The molecule has 0 bridgehead atoms. The van der Waals surface area contributed by atoms with Gasteiger partial charge in [-0.25, -0.2) is 0 Å². The highest BCUT2D eigenvalue weighted by molar-refractivity contribution is 7.87. The Balaban J connectivity index is 1.89. The van der Waals surface area contributed by atoms with Gasteiger partial charge in [-0.1, -0.05) is 0 Å². The van der Waals surface area contributed by atoms with Gasteiger partial charge >= 0.3 is 0 Å². The van der Waals surface area contributed by atoms with Crippen LogP contribution in [0.2, 0.25) is 0 Å². The zero-order valence-electron chi connectivity index (χ0n) is 12.9. The molecule has 1 aromatic rings. The van der Waals surface area contributed by atoms with E-state index in [-0.39, 0.29) is 12.5 Å². The van der Waals surface area contributed by atoms with Crippen LogP contribution in [0.4, 0.5) is 0 Å². The third-order valence-electron chi connectivity index (χ3n) is 3.88. The van der Waals surface area contributed by atoms with Gasteiger partial charge in [0.15, 0.2) is 0 Å². The van der Waals surface area contributed by atoms with Gasteiger partial charge in [0.1, 0.15) is 11.9 Å². The van der Waals surface area contributed by atoms with Crippen molar-refractivity contribution in [2.45, 2.75) is 44.4 Å². The summed E-state index contributed by atoms with van der Waals surface area (Å²) in [7, 11) is -2.01. The van der Waals surface area contributed by atoms with Crippen LogP contribution in [0.3, 0.4) is 0 Å². The predicted octanol–water partition coefficient (Wildman–Crippen LogP) is 1.04. The van der Waals surface area contributed by atoms with E-state index >= 15 is 0 Å². The van der Waals surface area contributed by atoms with Crippen LogP contribution in [-0.2, 0) is 14.9 Å². The molecule has 0 radical (unpaired) electrons. The van der Waals surface area contributed by atoms with Gasteiger partial charge in [-0.2, -0.15) is 17.4 Å². The quantitative estimate of drug-likeness (QED) is 0.778. The number of hydrogen-bond donors (Lipinski definition) is 2. The second-order valence-corrected chi connectivity index (χ2v) is 7.41. The molecular weight excluding hydrogens is 308 g/mol. The lowest BCUT2D eigenvalue weighted by Crippen LogP contribution is -2.48. The zero-order valence-corrected chi connectivity index (χ0v) is 13.8. The van der Waals surface area contributed by atoms with E-state index in [4.69, 9.17) is 9.15 Å². The lowest BCUT2D eigenvalue weighted by Gasteiger charge is -2.31. The number of ether oxygens (including phenoxy) is 1. The van der Waals surface area contributed by atoms with E-state index in [2.05, 4.69) is 4.72 Å². The lowest BCUT2D eigenvalue weighted by molar-refractivity contribution is 0.0627. The van der Waals surface area contributed by atoms with Gasteiger partial charge < -0.3 is 14.3 Å². The first-order valence-corrected chi connectivity index (χ1v) is 8.88. The molecule has 2 heterocycles. The predicted molar refractivity (Wildman–Crippen MR) is 81.4 cm³/mol. The first kappa shape index (κ1) is 17.4. The first-order valence-electron chi connectivity index (χ1n) is 7.44. The summed E-state index contributed by atoms with van der Waals surface area (Å²) in [5, 5.41) is 10.0. The van der Waals surface area contributed by atoms with Crippen LogP contribution >= 0.6 is 0 Å². The average Bonchev–Trinajstić information content (AvgIpc) is 3.01. The minimum absolute atomic E-state index is 0.0477. The van der Waals surface area contributed by atoms with Crippen LogP contribution in [0.1, 0.15) is 38.1 Å². The summed E-state index contributed by atoms with van der Waals surface area (Å²) in [5.74, 6) is 0.434. The standard InChI is InChI=1S/C14H24N2O5S/c1-11(10-13(17)14-4-3-7-21-14)15-22(18,19)16(2)12-5-8-20-9-6-12/h3-4,7,11-13,15,17H,5-6,8-10H2,1-2H3/t11-,13+/m1/s1. The summed E-state index contributed by atoms with van der Waals surface area (Å²) in [6, 6.07) is 2.90. The zero-order chi connectivity index (χ0) is 16.2. The number of hydrogen-bond acceptors (Lipinski definition) is 5. The van der Waals surface area contributed by atoms with Crippen molar-refractivity contribution in [3.63, 3.8) is 0 Å². The van der Waals surface area contributed by atoms with Gasteiger partial charge in [0.2, 0.25) is 0 Å². The molecule has 0 saturated carbocycles. The van der Waals surface area contributed by atoms with E-state index in [1.165, 1.54) is 10.6 Å². The summed E-state index contributed by atoms with van der Waals surface area (Å²) in [4.78, 5) is 0. The second-order valence-electron chi connectivity index (χ2n) is 5.65. The molecule has 8 heteroatoms. The Morgan fingerprint density at radius 3 is 2.73 bits per heavy atom. The number of nitrogens with one attached hydrogen (secondary N) is 1. The molecule has 2 rings (SSSR count). The fraction of sp³-hybridized carbons (Fsp3) is 0.714. The van der Waals surface area contributed by atoms with E-state index in [1.54, 1.807) is 26.1 Å². The van der Waals surface area contributed by atoms with Crippen molar-refractivity contribution in [1.82, 2.24) is 9.03 Å². The van der Waals surface area contributed by atoms with E-state index in [0.717, 1.165) is 0 Å². The minimum Gasteiger partial charge on any atom is -0.467 e. The Morgan fingerprint density at radius 1 is 1.45 bits per heavy atom. The molecular formula is C14H24N2O5S. The third-order valence-corrected chi connectivity index (χ3v) is 5.64. The van der Waals surface area contributed by atoms with Gasteiger partial charge in [-0.3, -0.25) is 0 Å². The average molecular weight is 332 g/mol. The van der Waals surface area contributed by atoms with Crippen molar-refractivity contribution in [2.75, 3.05) is 20.3 Å². The molecule has 7 nitrogen and oxygen atoms in total. The van der Waals surface area contributed by atoms with Crippen LogP contribution in [-0.4, -0.2) is 50.2 Å². The molecule has 2 N–H and O–H groups in total. The third kappa shape index (κ3) is 4.53. The van der Waals surface area contributed by atoms with Gasteiger partial charge in [0.25, 0.3) is 10.2 Å². The number of furan rings is 1. The highest BCUT2D eigenvalue weighted by Gasteiger charge is 2.29. The molecule has 0 amide bonds. The Hall–Kier alpha value is -0.930. The maximum absolute atomic E-state index is 12.4. The van der Waals surface area contributed by atoms with Crippen molar-refractivity contribution >= 4 is 10.2 Å². The lowest BCUT2D eigenvalue weighted by atomic mass is 10.1. The van der Waals surface area contributed by atoms with E-state index < -0.39 is 22.4 Å². The summed E-state index contributed by atoms with van der Waals surface area (Å²) in [5.41, 5.74) is 0. The maximum Gasteiger partial charge on any atom is 0.279 e. The Kier molecular flexibility index (Phi) is 5.99. The van der Waals surface area contributed by atoms with Crippen LogP contribution in [0.5, 0.6) is 0 Å². The van der Waals surface area contributed by atoms with E-state index in [9.17, 15) is 13.5 Å². The SMILES string of the molecule is C[C@H](C[C@H](O)c1ccco1)NS(=O)(=O)N(C)C1CCOCC1. The first-order chi connectivity index (χ1) is 10.4. The Morgan fingerprint density at radius 2 is 2.14 bits per heavy atom. The summed E-state index contributed by atoms with van der Waals surface area (Å²) in [6.07, 6.45) is 2.28. The number of rotatable bonds is 7. The van der Waals surface area contributed by atoms with Crippen LogP contribution in [0.25, 0.3) is 0 Å². The van der Waals surface area contributed by atoms with Crippen LogP contribution in [0.15, 0.2) is 22.8 Å². The fourth-order valence-corrected chi connectivity index (χ4v) is 3.94. The Bertz CT molecular complexity index is 540. The van der Waals surface area contributed by atoms with Crippen molar-refractivity contribution in [3.05, 3.63) is 24.2 Å². The summed E-state index contributed by atoms with van der Waals surface area (Å²) in [6.45, 7) is 2.89. The van der Waals surface area contributed by atoms with Crippen molar-refractivity contribution in [1.29, 1.82) is 0 Å². The molecule has 1 fully saturated rings. The smallest absolute Gasteiger partial charge is 0.279 e. The highest BCUT2D eigenvalue weighted by atomic mass is 32.2. The van der Waals surface area contributed by atoms with Crippen molar-refractivity contribution < 1.29 is 22.7 Å². The number of nitrogens with zero attached hydrogens (tertiary/aromatic N) is 1. The van der Waals surface area contributed by atoms with Crippen LogP contribution < -0.4 is 4.72 Å². The van der Waals surface area contributed by atoms with Crippen LogP contribution in [0, 0.1) is 0 Å². The van der Waals surface area contributed by atoms with Gasteiger partial charge in [0.05, 0.1) is 6.26 Å². The normalized spacial score (nSPS) is 20.2.